The van der Waals surface area contributed by atoms with E-state index in [1.165, 1.54) is 4.90 Å². The highest BCUT2D eigenvalue weighted by atomic mass is 16.5. The highest BCUT2D eigenvalue weighted by Crippen LogP contribution is 2.32. The lowest BCUT2D eigenvalue weighted by molar-refractivity contribution is -0.136. The summed E-state index contributed by atoms with van der Waals surface area (Å²) in [5, 5.41) is 3.19. The molecule has 0 saturated heterocycles. The summed E-state index contributed by atoms with van der Waals surface area (Å²) in [6.07, 6.45) is 0.602. The van der Waals surface area contributed by atoms with Gasteiger partial charge >= 0.3 is 0 Å². The van der Waals surface area contributed by atoms with Crippen molar-refractivity contribution >= 4 is 23.1 Å². The summed E-state index contributed by atoms with van der Waals surface area (Å²) in [7, 11) is 1.59. The number of hydrogen-bond donors (Lipinski definition) is 1. The van der Waals surface area contributed by atoms with Gasteiger partial charge in [-0.05, 0) is 54.7 Å². The molecule has 0 fully saturated rings. The standard InChI is InChI=1S/C27H26N2O3/c1-18-12-13-21(16-19(18)2)24-25(28-22-10-7-11-23(17-22)32-3)27(31)29(26(24)30)15-14-20-8-5-4-6-9-20/h4-13,16-17,28H,14-15H2,1-3H3. The Morgan fingerprint density at radius 2 is 1.62 bits per heavy atom. The van der Waals surface area contributed by atoms with E-state index in [0.29, 0.717) is 35.7 Å². The first-order valence-corrected chi connectivity index (χ1v) is 10.6. The van der Waals surface area contributed by atoms with Gasteiger partial charge in [-0.3, -0.25) is 14.5 Å². The van der Waals surface area contributed by atoms with Crippen molar-refractivity contribution in [3.05, 3.63) is 101 Å². The Balaban J connectivity index is 1.70. The Kier molecular flexibility index (Phi) is 6.08. The number of imide groups is 1. The number of anilines is 1. The smallest absolute Gasteiger partial charge is 0.278 e. The second-order valence-electron chi connectivity index (χ2n) is 7.90. The molecule has 2 amide bonds. The van der Waals surface area contributed by atoms with E-state index in [1.54, 1.807) is 13.2 Å². The minimum absolute atomic E-state index is 0.278. The average molecular weight is 427 g/mol. The minimum Gasteiger partial charge on any atom is -0.497 e. The SMILES string of the molecule is COc1cccc(NC2=C(c3ccc(C)c(C)c3)C(=O)N(CCc3ccccc3)C2=O)c1. The van der Waals surface area contributed by atoms with Crippen molar-refractivity contribution in [3.8, 4) is 5.75 Å². The van der Waals surface area contributed by atoms with Crippen LogP contribution in [0, 0.1) is 13.8 Å². The number of aryl methyl sites for hydroxylation is 2. The zero-order valence-electron chi connectivity index (χ0n) is 18.5. The van der Waals surface area contributed by atoms with Crippen LogP contribution in [0.5, 0.6) is 5.75 Å². The predicted octanol–water partition coefficient (Wildman–Crippen LogP) is 4.75. The Hall–Kier alpha value is -3.86. The maximum atomic E-state index is 13.4. The summed E-state index contributed by atoms with van der Waals surface area (Å²) < 4.78 is 5.30. The van der Waals surface area contributed by atoms with Crippen LogP contribution in [0.4, 0.5) is 5.69 Å². The molecule has 1 aliphatic heterocycles. The van der Waals surface area contributed by atoms with Crippen LogP contribution < -0.4 is 10.1 Å². The Labute approximate surface area is 188 Å². The average Bonchev–Trinajstić information content (AvgIpc) is 3.04. The van der Waals surface area contributed by atoms with Gasteiger partial charge in [-0.15, -0.1) is 0 Å². The van der Waals surface area contributed by atoms with Crippen molar-refractivity contribution in [3.63, 3.8) is 0 Å². The van der Waals surface area contributed by atoms with Crippen molar-refractivity contribution in [2.24, 2.45) is 0 Å². The normalized spacial score (nSPS) is 13.7. The maximum absolute atomic E-state index is 13.4. The molecule has 0 unspecified atom stereocenters. The summed E-state index contributed by atoms with van der Waals surface area (Å²) in [6, 6.07) is 23.0. The fraction of sp³-hybridized carbons (Fsp3) is 0.185. The Morgan fingerprint density at radius 1 is 0.844 bits per heavy atom. The van der Waals surface area contributed by atoms with Crippen molar-refractivity contribution in [1.29, 1.82) is 0 Å². The second-order valence-corrected chi connectivity index (χ2v) is 7.90. The van der Waals surface area contributed by atoms with E-state index in [0.717, 1.165) is 22.3 Å². The number of nitrogens with zero attached hydrogens (tertiary/aromatic N) is 1. The van der Waals surface area contributed by atoms with Gasteiger partial charge in [0.2, 0.25) is 0 Å². The fourth-order valence-corrected chi connectivity index (χ4v) is 3.79. The lowest BCUT2D eigenvalue weighted by Gasteiger charge is -2.15. The molecule has 0 spiro atoms. The molecule has 0 aromatic heterocycles. The minimum atomic E-state index is -0.318. The molecular formula is C27H26N2O3. The zero-order valence-corrected chi connectivity index (χ0v) is 18.5. The molecule has 1 aliphatic rings. The molecule has 0 aliphatic carbocycles. The van der Waals surface area contributed by atoms with Gasteiger partial charge in [-0.2, -0.15) is 0 Å². The third kappa shape index (κ3) is 4.28. The van der Waals surface area contributed by atoms with E-state index < -0.39 is 0 Å². The number of ether oxygens (including phenoxy) is 1. The van der Waals surface area contributed by atoms with E-state index in [2.05, 4.69) is 5.32 Å². The summed E-state index contributed by atoms with van der Waals surface area (Å²) >= 11 is 0. The molecule has 162 valence electrons. The van der Waals surface area contributed by atoms with Gasteiger partial charge < -0.3 is 10.1 Å². The van der Waals surface area contributed by atoms with Crippen LogP contribution in [-0.2, 0) is 16.0 Å². The fourth-order valence-electron chi connectivity index (χ4n) is 3.79. The van der Waals surface area contributed by atoms with Crippen molar-refractivity contribution in [2.75, 3.05) is 19.0 Å². The van der Waals surface area contributed by atoms with Crippen LogP contribution in [0.1, 0.15) is 22.3 Å². The molecule has 5 nitrogen and oxygen atoms in total. The summed E-state index contributed by atoms with van der Waals surface area (Å²) in [5.74, 6) is 0.0718. The molecular weight excluding hydrogens is 400 g/mol. The third-order valence-corrected chi connectivity index (χ3v) is 5.77. The predicted molar refractivity (Wildman–Crippen MR) is 126 cm³/mol. The van der Waals surface area contributed by atoms with Gasteiger partial charge in [0, 0.05) is 18.3 Å². The Bertz CT molecular complexity index is 1200. The van der Waals surface area contributed by atoms with Gasteiger partial charge in [0.1, 0.15) is 11.4 Å². The molecule has 1 N–H and O–H groups in total. The number of hydrogen-bond acceptors (Lipinski definition) is 4. The lowest BCUT2D eigenvalue weighted by Crippen LogP contribution is -2.34. The molecule has 5 heteroatoms. The number of nitrogens with one attached hydrogen (secondary N) is 1. The summed E-state index contributed by atoms with van der Waals surface area (Å²) in [4.78, 5) is 28.2. The zero-order chi connectivity index (χ0) is 22.7. The van der Waals surface area contributed by atoms with E-state index in [9.17, 15) is 9.59 Å². The van der Waals surface area contributed by atoms with Crippen molar-refractivity contribution < 1.29 is 14.3 Å². The number of amides is 2. The first-order valence-electron chi connectivity index (χ1n) is 10.6. The molecule has 4 rings (SSSR count). The Morgan fingerprint density at radius 3 is 2.34 bits per heavy atom. The van der Waals surface area contributed by atoms with Crippen molar-refractivity contribution in [2.45, 2.75) is 20.3 Å². The quantitative estimate of drug-likeness (QED) is 0.554. The molecule has 32 heavy (non-hydrogen) atoms. The highest BCUT2D eigenvalue weighted by molar-refractivity contribution is 6.36. The van der Waals surface area contributed by atoms with Crippen LogP contribution >= 0.6 is 0 Å². The molecule has 3 aromatic rings. The maximum Gasteiger partial charge on any atom is 0.278 e. The second kappa shape index (κ2) is 9.10. The lowest BCUT2D eigenvalue weighted by atomic mass is 9.99. The number of carbonyl (C=O) groups is 2. The molecule has 0 saturated carbocycles. The van der Waals surface area contributed by atoms with E-state index >= 15 is 0 Å². The summed E-state index contributed by atoms with van der Waals surface area (Å²) in [5.41, 5.74) is 5.39. The number of benzene rings is 3. The largest absolute Gasteiger partial charge is 0.497 e. The van der Waals surface area contributed by atoms with Crippen LogP contribution in [0.25, 0.3) is 5.57 Å². The van der Waals surface area contributed by atoms with Gasteiger partial charge in [-0.25, -0.2) is 0 Å². The first-order chi connectivity index (χ1) is 15.5. The molecule has 0 radical (unpaired) electrons. The molecule has 0 atom stereocenters. The van der Waals surface area contributed by atoms with E-state index in [1.807, 2.05) is 80.6 Å². The number of rotatable bonds is 7. The van der Waals surface area contributed by atoms with E-state index in [-0.39, 0.29) is 11.8 Å². The number of carbonyl (C=O) groups excluding carboxylic acids is 2. The van der Waals surface area contributed by atoms with Crippen LogP contribution in [0.15, 0.2) is 78.5 Å². The van der Waals surface area contributed by atoms with E-state index in [4.69, 9.17) is 4.74 Å². The van der Waals surface area contributed by atoms with Gasteiger partial charge in [-0.1, -0.05) is 54.6 Å². The van der Waals surface area contributed by atoms with Crippen molar-refractivity contribution in [1.82, 2.24) is 4.90 Å². The third-order valence-electron chi connectivity index (χ3n) is 5.77. The molecule has 0 bridgehead atoms. The van der Waals surface area contributed by atoms with Gasteiger partial charge in [0.05, 0.1) is 12.7 Å². The molecule has 3 aromatic carbocycles. The monoisotopic (exact) mass is 426 g/mol. The van der Waals surface area contributed by atoms with Gasteiger partial charge in [0.15, 0.2) is 0 Å². The van der Waals surface area contributed by atoms with Crippen LogP contribution in [0.2, 0.25) is 0 Å². The van der Waals surface area contributed by atoms with Crippen LogP contribution in [-0.4, -0.2) is 30.4 Å². The highest BCUT2D eigenvalue weighted by Gasteiger charge is 2.39. The summed E-state index contributed by atoms with van der Waals surface area (Å²) in [6.45, 7) is 4.35. The van der Waals surface area contributed by atoms with Crippen LogP contribution in [0.3, 0.4) is 0 Å². The molecule has 1 heterocycles. The first kappa shape index (κ1) is 21.4. The number of methoxy groups -OCH3 is 1. The topological polar surface area (TPSA) is 58.6 Å². The van der Waals surface area contributed by atoms with Gasteiger partial charge in [0.25, 0.3) is 11.8 Å².